The standard InChI is InChI=1S/C28H23Cl2N7O4/c1-40-25-11-17(13-31-35-28(39)23-12-18-5-2-3-7-21(18)32-23)9-10-24(25)41-16-19-14-37(36-34-19)15-26(38)33-22-8-4-6-20(29)27(22)30/h2-14,32H,15-16H2,1H3,(H,33,38)(H,35,39)/b31-13+. The Labute approximate surface area is 244 Å². The van der Waals surface area contributed by atoms with Gasteiger partial charge in [0.1, 0.15) is 24.5 Å². The molecule has 0 spiro atoms. The minimum absolute atomic E-state index is 0.0794. The molecule has 208 valence electrons. The van der Waals surface area contributed by atoms with Crippen LogP contribution in [0.2, 0.25) is 10.0 Å². The largest absolute Gasteiger partial charge is 0.493 e. The lowest BCUT2D eigenvalue weighted by Crippen LogP contribution is -2.19. The molecule has 0 atom stereocenters. The van der Waals surface area contributed by atoms with E-state index in [1.54, 1.807) is 48.7 Å². The van der Waals surface area contributed by atoms with Crippen LogP contribution < -0.4 is 20.2 Å². The number of methoxy groups -OCH3 is 1. The molecule has 2 amide bonds. The number of nitrogens with zero attached hydrogens (tertiary/aromatic N) is 4. The number of carbonyl (C=O) groups excluding carboxylic acids is 2. The highest BCUT2D eigenvalue weighted by Gasteiger charge is 2.12. The van der Waals surface area contributed by atoms with Crippen LogP contribution in [0.5, 0.6) is 11.5 Å². The molecule has 0 saturated carbocycles. The number of nitrogens with one attached hydrogen (secondary N) is 3. The van der Waals surface area contributed by atoms with Gasteiger partial charge in [0.2, 0.25) is 5.91 Å². The van der Waals surface area contributed by atoms with Crippen molar-refractivity contribution in [3.8, 4) is 11.5 Å². The second-order valence-electron chi connectivity index (χ2n) is 8.73. The van der Waals surface area contributed by atoms with Crippen molar-refractivity contribution >= 4 is 57.8 Å². The first kappa shape index (κ1) is 27.7. The molecule has 13 heteroatoms. The predicted octanol–water partition coefficient (Wildman–Crippen LogP) is 5.06. The number of ether oxygens (including phenoxy) is 2. The minimum Gasteiger partial charge on any atom is -0.493 e. The normalized spacial score (nSPS) is 11.1. The van der Waals surface area contributed by atoms with Gasteiger partial charge >= 0.3 is 0 Å². The molecule has 3 aromatic carbocycles. The van der Waals surface area contributed by atoms with E-state index in [0.717, 1.165) is 10.9 Å². The van der Waals surface area contributed by atoms with Crippen LogP contribution in [-0.4, -0.2) is 45.1 Å². The van der Waals surface area contributed by atoms with E-state index in [0.29, 0.717) is 39.2 Å². The zero-order chi connectivity index (χ0) is 28.8. The number of H-pyrrole nitrogens is 1. The maximum Gasteiger partial charge on any atom is 0.287 e. The van der Waals surface area contributed by atoms with Gasteiger partial charge in [-0.2, -0.15) is 5.10 Å². The number of aromatic nitrogens is 4. The van der Waals surface area contributed by atoms with Gasteiger partial charge in [-0.25, -0.2) is 10.1 Å². The Morgan fingerprint density at radius 2 is 1.93 bits per heavy atom. The Balaban J connectivity index is 1.14. The quantitative estimate of drug-likeness (QED) is 0.153. The van der Waals surface area contributed by atoms with Crippen molar-refractivity contribution in [3.05, 3.63) is 99.9 Å². The van der Waals surface area contributed by atoms with Gasteiger partial charge in [0.25, 0.3) is 5.91 Å². The molecular weight excluding hydrogens is 569 g/mol. The summed E-state index contributed by atoms with van der Waals surface area (Å²) >= 11 is 12.1. The minimum atomic E-state index is -0.358. The summed E-state index contributed by atoms with van der Waals surface area (Å²) in [5, 5.41) is 16.3. The van der Waals surface area contributed by atoms with Crippen molar-refractivity contribution < 1.29 is 19.1 Å². The molecule has 3 N–H and O–H groups in total. The first-order valence-electron chi connectivity index (χ1n) is 12.2. The highest BCUT2D eigenvalue weighted by atomic mass is 35.5. The SMILES string of the molecule is COc1cc(/C=N/NC(=O)c2cc3ccccc3[nH]2)ccc1OCc1cn(CC(=O)Nc2cccc(Cl)c2Cl)nn1. The lowest BCUT2D eigenvalue weighted by molar-refractivity contribution is -0.116. The number of hydrazone groups is 1. The fourth-order valence-corrected chi connectivity index (χ4v) is 4.22. The lowest BCUT2D eigenvalue weighted by atomic mass is 10.2. The van der Waals surface area contributed by atoms with E-state index in [-0.39, 0.29) is 30.0 Å². The maximum atomic E-state index is 12.4. The van der Waals surface area contributed by atoms with Crippen molar-refractivity contribution in [2.45, 2.75) is 13.2 Å². The fourth-order valence-electron chi connectivity index (χ4n) is 3.88. The van der Waals surface area contributed by atoms with E-state index in [1.165, 1.54) is 18.0 Å². The summed E-state index contributed by atoms with van der Waals surface area (Å²) < 4.78 is 12.7. The highest BCUT2D eigenvalue weighted by Crippen LogP contribution is 2.30. The van der Waals surface area contributed by atoms with Crippen LogP contribution in [0.15, 0.2) is 78.0 Å². The second-order valence-corrected chi connectivity index (χ2v) is 9.51. The molecule has 0 saturated heterocycles. The van der Waals surface area contributed by atoms with Gasteiger partial charge in [-0.15, -0.1) is 5.10 Å². The molecule has 2 heterocycles. The third kappa shape index (κ3) is 6.83. The summed E-state index contributed by atoms with van der Waals surface area (Å²) in [6.45, 7) is 0.0100. The number of aromatic amines is 1. The smallest absolute Gasteiger partial charge is 0.287 e. The predicted molar refractivity (Wildman–Crippen MR) is 156 cm³/mol. The summed E-state index contributed by atoms with van der Waals surface area (Å²) in [5.74, 6) is 0.224. The van der Waals surface area contributed by atoms with Crippen molar-refractivity contribution in [3.63, 3.8) is 0 Å². The van der Waals surface area contributed by atoms with Gasteiger partial charge in [0.05, 0.1) is 35.3 Å². The molecule has 0 aliphatic carbocycles. The number of hydrogen-bond donors (Lipinski definition) is 3. The van der Waals surface area contributed by atoms with Crippen LogP contribution in [0.25, 0.3) is 10.9 Å². The van der Waals surface area contributed by atoms with E-state index in [9.17, 15) is 9.59 Å². The van der Waals surface area contributed by atoms with E-state index in [4.69, 9.17) is 32.7 Å². The molecular formula is C28H23Cl2N7O4. The van der Waals surface area contributed by atoms with Gasteiger partial charge in [0.15, 0.2) is 11.5 Å². The maximum absolute atomic E-state index is 12.4. The Hall–Kier alpha value is -4.87. The number of rotatable bonds is 10. The number of amides is 2. The molecule has 5 rings (SSSR count). The van der Waals surface area contributed by atoms with Gasteiger partial charge in [-0.1, -0.05) is 52.7 Å². The first-order valence-corrected chi connectivity index (χ1v) is 13.0. The number of para-hydroxylation sites is 1. The number of benzene rings is 3. The molecule has 0 aliphatic rings. The highest BCUT2D eigenvalue weighted by molar-refractivity contribution is 6.44. The van der Waals surface area contributed by atoms with Gasteiger partial charge in [-0.3, -0.25) is 9.59 Å². The topological polar surface area (TPSA) is 136 Å². The Bertz CT molecular complexity index is 1720. The third-order valence-electron chi connectivity index (χ3n) is 5.83. The zero-order valence-corrected chi connectivity index (χ0v) is 23.1. The number of hydrogen-bond acceptors (Lipinski definition) is 7. The van der Waals surface area contributed by atoms with Crippen molar-refractivity contribution in [2.24, 2.45) is 5.10 Å². The summed E-state index contributed by atoms with van der Waals surface area (Å²) in [5.41, 5.74) is 5.39. The fraction of sp³-hybridized carbons (Fsp3) is 0.107. The van der Waals surface area contributed by atoms with E-state index in [2.05, 4.69) is 31.1 Å². The molecule has 5 aromatic rings. The summed E-state index contributed by atoms with van der Waals surface area (Å²) in [6.07, 6.45) is 3.10. The average molecular weight is 592 g/mol. The molecule has 0 radical (unpaired) electrons. The van der Waals surface area contributed by atoms with Crippen molar-refractivity contribution in [1.29, 1.82) is 0 Å². The lowest BCUT2D eigenvalue weighted by Gasteiger charge is -2.10. The first-order chi connectivity index (χ1) is 19.9. The molecule has 2 aromatic heterocycles. The molecule has 11 nitrogen and oxygen atoms in total. The van der Waals surface area contributed by atoms with Crippen LogP contribution in [0.4, 0.5) is 5.69 Å². The summed E-state index contributed by atoms with van der Waals surface area (Å²) in [7, 11) is 1.52. The molecule has 0 aliphatic heterocycles. The summed E-state index contributed by atoms with van der Waals surface area (Å²) in [4.78, 5) is 27.9. The van der Waals surface area contributed by atoms with Crippen molar-refractivity contribution in [2.75, 3.05) is 12.4 Å². The van der Waals surface area contributed by atoms with Crippen LogP contribution in [0.1, 0.15) is 21.7 Å². The zero-order valence-electron chi connectivity index (χ0n) is 21.6. The van der Waals surface area contributed by atoms with Crippen LogP contribution in [0.3, 0.4) is 0 Å². The van der Waals surface area contributed by atoms with E-state index in [1.807, 2.05) is 24.3 Å². The van der Waals surface area contributed by atoms with Gasteiger partial charge in [0, 0.05) is 10.9 Å². The third-order valence-corrected chi connectivity index (χ3v) is 6.65. The van der Waals surface area contributed by atoms with Crippen LogP contribution in [0, 0.1) is 0 Å². The number of fused-ring (bicyclic) bond motifs is 1. The Morgan fingerprint density at radius 3 is 2.76 bits per heavy atom. The van der Waals surface area contributed by atoms with E-state index < -0.39 is 0 Å². The number of carbonyl (C=O) groups is 2. The monoisotopic (exact) mass is 591 g/mol. The molecule has 0 bridgehead atoms. The van der Waals surface area contributed by atoms with Crippen LogP contribution >= 0.6 is 23.2 Å². The molecule has 41 heavy (non-hydrogen) atoms. The summed E-state index contributed by atoms with van der Waals surface area (Å²) in [6, 6.07) is 19.5. The second kappa shape index (κ2) is 12.5. The van der Waals surface area contributed by atoms with E-state index >= 15 is 0 Å². The number of halogens is 2. The molecule has 0 fully saturated rings. The van der Waals surface area contributed by atoms with Gasteiger partial charge in [-0.05, 0) is 48.0 Å². The Morgan fingerprint density at radius 1 is 1.07 bits per heavy atom. The average Bonchev–Trinajstić information content (AvgIpc) is 3.61. The van der Waals surface area contributed by atoms with Gasteiger partial charge < -0.3 is 19.8 Å². The van der Waals surface area contributed by atoms with Crippen molar-refractivity contribution in [1.82, 2.24) is 25.4 Å². The van der Waals surface area contributed by atoms with Crippen LogP contribution in [-0.2, 0) is 17.9 Å². The Kier molecular flexibility index (Phi) is 8.47. The molecule has 0 unspecified atom stereocenters. The number of anilines is 1.